The van der Waals surface area contributed by atoms with Gasteiger partial charge >= 0.3 is 0 Å². The maximum atomic E-state index is 11.7. The van der Waals surface area contributed by atoms with Crippen molar-refractivity contribution >= 4 is 5.78 Å². The maximum absolute atomic E-state index is 11.7. The minimum Gasteiger partial charge on any atom is -0.380 e. The monoisotopic (exact) mass is 211 g/mol. The number of hydrogen-bond donors (Lipinski definition) is 0. The third-order valence-electron chi connectivity index (χ3n) is 3.78. The molecule has 3 nitrogen and oxygen atoms in total. The predicted octanol–water partition coefficient (Wildman–Crippen LogP) is 1.47. The van der Waals surface area contributed by atoms with Crippen LogP contribution in [-0.4, -0.2) is 42.5 Å². The molecule has 1 unspecified atom stereocenters. The number of carbonyl (C=O) groups is 1. The number of nitrogens with zero attached hydrogens (tertiary/aromatic N) is 1. The molecule has 0 amide bonds. The van der Waals surface area contributed by atoms with Crippen molar-refractivity contribution in [1.82, 2.24) is 4.90 Å². The zero-order valence-electron chi connectivity index (χ0n) is 9.79. The van der Waals surface area contributed by atoms with Crippen LogP contribution in [0.3, 0.4) is 0 Å². The Kier molecular flexibility index (Phi) is 3.12. The van der Waals surface area contributed by atoms with Gasteiger partial charge in [0.15, 0.2) is 0 Å². The van der Waals surface area contributed by atoms with Crippen molar-refractivity contribution in [2.24, 2.45) is 5.92 Å². The molecule has 0 aromatic rings. The molecule has 0 N–H and O–H groups in total. The Morgan fingerprint density at radius 3 is 2.93 bits per heavy atom. The molecule has 2 aliphatic heterocycles. The van der Waals surface area contributed by atoms with Crippen molar-refractivity contribution < 1.29 is 9.53 Å². The molecule has 0 bridgehead atoms. The smallest absolute Gasteiger partial charge is 0.141 e. The van der Waals surface area contributed by atoms with E-state index in [0.717, 1.165) is 13.1 Å². The van der Waals surface area contributed by atoms with Gasteiger partial charge in [-0.1, -0.05) is 0 Å². The number of hydrogen-bond acceptors (Lipinski definition) is 3. The fourth-order valence-corrected chi connectivity index (χ4v) is 2.62. The van der Waals surface area contributed by atoms with Crippen LogP contribution in [-0.2, 0) is 9.53 Å². The van der Waals surface area contributed by atoms with Gasteiger partial charge in [-0.3, -0.25) is 9.69 Å². The van der Waals surface area contributed by atoms with E-state index in [0.29, 0.717) is 25.4 Å². The quantitative estimate of drug-likeness (QED) is 0.692. The summed E-state index contributed by atoms with van der Waals surface area (Å²) in [6.45, 7) is 7.83. The first kappa shape index (κ1) is 11.1. The van der Waals surface area contributed by atoms with Crippen LogP contribution < -0.4 is 0 Å². The molecule has 0 radical (unpaired) electrons. The van der Waals surface area contributed by atoms with Crippen LogP contribution in [0.1, 0.15) is 33.1 Å². The minimum absolute atomic E-state index is 0.121. The zero-order valence-corrected chi connectivity index (χ0v) is 9.79. The molecule has 0 aromatic heterocycles. The topological polar surface area (TPSA) is 29.5 Å². The molecule has 0 aromatic carbocycles. The van der Waals surface area contributed by atoms with Crippen LogP contribution in [0, 0.1) is 5.92 Å². The van der Waals surface area contributed by atoms with Crippen molar-refractivity contribution in [2.45, 2.75) is 38.6 Å². The Balaban J connectivity index is 1.93. The molecule has 3 heteroatoms. The predicted molar refractivity (Wildman–Crippen MR) is 58.8 cm³/mol. The van der Waals surface area contributed by atoms with Gasteiger partial charge in [0.1, 0.15) is 5.78 Å². The Morgan fingerprint density at radius 2 is 2.33 bits per heavy atom. The van der Waals surface area contributed by atoms with E-state index in [1.54, 1.807) is 0 Å². The van der Waals surface area contributed by atoms with Gasteiger partial charge in [-0.05, 0) is 33.2 Å². The summed E-state index contributed by atoms with van der Waals surface area (Å²) in [5.41, 5.74) is 0.276. The SMILES string of the molecule is CC1(C)CCCN1CC1COCCC1=O. The third kappa shape index (κ3) is 2.40. The number of ether oxygens (including phenoxy) is 1. The Bertz CT molecular complexity index is 250. The van der Waals surface area contributed by atoms with Crippen LogP contribution in [0.25, 0.3) is 0 Å². The number of ketones is 1. The summed E-state index contributed by atoms with van der Waals surface area (Å²) in [5, 5.41) is 0. The number of likely N-dealkylation sites (tertiary alicyclic amines) is 1. The lowest BCUT2D eigenvalue weighted by Crippen LogP contribution is -2.45. The molecule has 0 saturated carbocycles. The lowest BCUT2D eigenvalue weighted by molar-refractivity contribution is -0.131. The van der Waals surface area contributed by atoms with Gasteiger partial charge in [0.25, 0.3) is 0 Å². The fraction of sp³-hybridized carbons (Fsp3) is 0.917. The summed E-state index contributed by atoms with van der Waals surface area (Å²) < 4.78 is 5.38. The summed E-state index contributed by atoms with van der Waals surface area (Å²) in [7, 11) is 0. The average Bonchev–Trinajstić information content (AvgIpc) is 2.50. The normalized spacial score (nSPS) is 32.1. The molecule has 15 heavy (non-hydrogen) atoms. The van der Waals surface area contributed by atoms with Gasteiger partial charge < -0.3 is 4.74 Å². The van der Waals surface area contributed by atoms with Crippen LogP contribution in [0.5, 0.6) is 0 Å². The molecule has 2 rings (SSSR count). The fourth-order valence-electron chi connectivity index (χ4n) is 2.62. The first-order chi connectivity index (χ1) is 7.09. The Labute approximate surface area is 91.8 Å². The van der Waals surface area contributed by atoms with E-state index in [1.165, 1.54) is 12.8 Å². The summed E-state index contributed by atoms with van der Waals surface area (Å²) in [6, 6.07) is 0. The van der Waals surface area contributed by atoms with Crippen molar-refractivity contribution in [3.05, 3.63) is 0 Å². The van der Waals surface area contributed by atoms with Gasteiger partial charge in [-0.15, -0.1) is 0 Å². The van der Waals surface area contributed by atoms with Crippen molar-refractivity contribution in [2.75, 3.05) is 26.3 Å². The Hall–Kier alpha value is -0.410. The first-order valence-electron chi connectivity index (χ1n) is 5.95. The highest BCUT2D eigenvalue weighted by Crippen LogP contribution is 2.29. The summed E-state index contributed by atoms with van der Waals surface area (Å²) >= 11 is 0. The lowest BCUT2D eigenvalue weighted by Gasteiger charge is -2.35. The van der Waals surface area contributed by atoms with E-state index in [-0.39, 0.29) is 11.5 Å². The molecular weight excluding hydrogens is 190 g/mol. The number of carbonyl (C=O) groups excluding carboxylic acids is 1. The second-order valence-electron chi connectivity index (χ2n) is 5.35. The van der Waals surface area contributed by atoms with E-state index >= 15 is 0 Å². The van der Waals surface area contributed by atoms with Crippen LogP contribution in [0.15, 0.2) is 0 Å². The van der Waals surface area contributed by atoms with Crippen LogP contribution in [0.2, 0.25) is 0 Å². The second kappa shape index (κ2) is 4.22. The van der Waals surface area contributed by atoms with E-state index in [9.17, 15) is 4.79 Å². The molecule has 2 saturated heterocycles. The van der Waals surface area contributed by atoms with Gasteiger partial charge in [0.2, 0.25) is 0 Å². The average molecular weight is 211 g/mol. The zero-order chi connectivity index (χ0) is 10.9. The maximum Gasteiger partial charge on any atom is 0.141 e. The van der Waals surface area contributed by atoms with Gasteiger partial charge in [-0.25, -0.2) is 0 Å². The molecular formula is C12H21NO2. The van der Waals surface area contributed by atoms with Crippen molar-refractivity contribution in [3.8, 4) is 0 Å². The van der Waals surface area contributed by atoms with Gasteiger partial charge in [0, 0.05) is 18.5 Å². The number of rotatable bonds is 2. The summed E-state index contributed by atoms with van der Waals surface area (Å²) in [5.74, 6) is 0.514. The highest BCUT2D eigenvalue weighted by atomic mass is 16.5. The summed E-state index contributed by atoms with van der Waals surface area (Å²) in [4.78, 5) is 14.1. The standard InChI is InChI=1S/C12H21NO2/c1-12(2)5-3-6-13(12)8-10-9-15-7-4-11(10)14/h10H,3-9H2,1-2H3. The van der Waals surface area contributed by atoms with E-state index in [4.69, 9.17) is 4.74 Å². The highest BCUT2D eigenvalue weighted by molar-refractivity contribution is 5.82. The third-order valence-corrected chi connectivity index (χ3v) is 3.78. The molecule has 86 valence electrons. The minimum atomic E-state index is 0.121. The molecule has 2 aliphatic rings. The van der Waals surface area contributed by atoms with E-state index in [2.05, 4.69) is 18.7 Å². The number of Topliss-reactive ketones (excluding diaryl/α,β-unsaturated/α-hetero) is 1. The Morgan fingerprint density at radius 1 is 1.53 bits per heavy atom. The van der Waals surface area contributed by atoms with Gasteiger partial charge in [0.05, 0.1) is 19.1 Å². The van der Waals surface area contributed by atoms with Crippen molar-refractivity contribution in [1.29, 1.82) is 0 Å². The molecule has 2 fully saturated rings. The van der Waals surface area contributed by atoms with Gasteiger partial charge in [-0.2, -0.15) is 0 Å². The molecule has 1 atom stereocenters. The lowest BCUT2D eigenvalue weighted by atomic mass is 9.96. The largest absolute Gasteiger partial charge is 0.380 e. The van der Waals surface area contributed by atoms with E-state index in [1.807, 2.05) is 0 Å². The second-order valence-corrected chi connectivity index (χ2v) is 5.35. The van der Waals surface area contributed by atoms with Crippen LogP contribution >= 0.6 is 0 Å². The molecule has 0 aliphatic carbocycles. The van der Waals surface area contributed by atoms with E-state index < -0.39 is 0 Å². The van der Waals surface area contributed by atoms with Crippen molar-refractivity contribution in [3.63, 3.8) is 0 Å². The highest BCUT2D eigenvalue weighted by Gasteiger charge is 2.35. The van der Waals surface area contributed by atoms with Crippen LogP contribution in [0.4, 0.5) is 0 Å². The molecule has 2 heterocycles. The molecule has 0 spiro atoms. The first-order valence-corrected chi connectivity index (χ1v) is 5.95. The summed E-state index contributed by atoms with van der Waals surface area (Å²) in [6.07, 6.45) is 3.11.